The maximum absolute atomic E-state index is 13.1. The number of ether oxygens (including phenoxy) is 1. The summed E-state index contributed by atoms with van der Waals surface area (Å²) in [5.41, 5.74) is 1.76. The average molecular weight is 370 g/mol. The number of aromatic amines is 1. The van der Waals surface area contributed by atoms with Crippen molar-refractivity contribution < 1.29 is 9.53 Å². The van der Waals surface area contributed by atoms with Gasteiger partial charge in [-0.2, -0.15) is 10.1 Å². The van der Waals surface area contributed by atoms with Crippen LogP contribution in [-0.4, -0.2) is 83.8 Å². The number of amides is 1. The Morgan fingerprint density at radius 1 is 1.26 bits per heavy atom. The number of nitrogens with zero attached hydrogens (tertiary/aromatic N) is 5. The summed E-state index contributed by atoms with van der Waals surface area (Å²) in [5.74, 6) is 1.29. The van der Waals surface area contributed by atoms with Gasteiger partial charge in [-0.15, -0.1) is 0 Å². The molecule has 1 unspecified atom stereocenters. The number of pyridine rings is 1. The van der Waals surface area contributed by atoms with Crippen molar-refractivity contribution in [2.75, 3.05) is 45.7 Å². The van der Waals surface area contributed by atoms with Crippen molar-refractivity contribution in [3.8, 4) is 17.0 Å². The molecule has 2 aromatic heterocycles. The van der Waals surface area contributed by atoms with E-state index in [1.54, 1.807) is 24.4 Å². The smallest absolute Gasteiger partial charge is 0.245 e. The Kier molecular flexibility index (Phi) is 4.84. The van der Waals surface area contributed by atoms with Gasteiger partial charge in [0.1, 0.15) is 5.82 Å². The van der Waals surface area contributed by atoms with E-state index in [9.17, 15) is 4.79 Å². The first-order valence-corrected chi connectivity index (χ1v) is 9.34. The van der Waals surface area contributed by atoms with E-state index in [2.05, 4.69) is 39.1 Å². The number of rotatable bonds is 5. The van der Waals surface area contributed by atoms with Gasteiger partial charge < -0.3 is 9.64 Å². The third kappa shape index (κ3) is 3.30. The topological polar surface area (TPSA) is 77.6 Å². The van der Waals surface area contributed by atoms with Gasteiger partial charge in [0.05, 0.1) is 19.3 Å². The molecule has 2 aliphatic heterocycles. The molecule has 27 heavy (non-hydrogen) atoms. The van der Waals surface area contributed by atoms with Crippen LogP contribution in [0, 0.1) is 0 Å². The van der Waals surface area contributed by atoms with E-state index in [1.165, 1.54) is 0 Å². The lowest BCUT2D eigenvalue weighted by molar-refractivity contribution is -0.121. The highest BCUT2D eigenvalue weighted by atomic mass is 16.5. The van der Waals surface area contributed by atoms with Crippen molar-refractivity contribution in [1.29, 1.82) is 0 Å². The highest BCUT2D eigenvalue weighted by molar-refractivity contribution is 5.99. The number of hydrogen-bond donors (Lipinski definition) is 1. The van der Waals surface area contributed by atoms with Crippen molar-refractivity contribution in [3.63, 3.8) is 0 Å². The summed E-state index contributed by atoms with van der Waals surface area (Å²) in [5, 5.41) is 6.77. The summed E-state index contributed by atoms with van der Waals surface area (Å²) in [4.78, 5) is 24.0. The zero-order valence-corrected chi connectivity index (χ0v) is 16.1. The number of H-pyrrole nitrogens is 1. The number of carbonyl (C=O) groups excluding carboxylic acids is 1. The summed E-state index contributed by atoms with van der Waals surface area (Å²) in [6.45, 7) is 2.62. The van der Waals surface area contributed by atoms with Crippen LogP contribution < -0.4 is 9.64 Å². The second kappa shape index (κ2) is 7.28. The largest absolute Gasteiger partial charge is 0.480 e. The zero-order valence-electron chi connectivity index (χ0n) is 16.1. The van der Waals surface area contributed by atoms with Crippen molar-refractivity contribution in [2.24, 2.45) is 0 Å². The number of hydrogen-bond acceptors (Lipinski definition) is 6. The van der Waals surface area contributed by atoms with Gasteiger partial charge in [0.15, 0.2) is 0 Å². The summed E-state index contributed by atoms with van der Waals surface area (Å²) < 4.78 is 5.46. The lowest BCUT2D eigenvalue weighted by Crippen LogP contribution is -2.42. The van der Waals surface area contributed by atoms with Gasteiger partial charge in [0, 0.05) is 43.0 Å². The van der Waals surface area contributed by atoms with E-state index in [4.69, 9.17) is 4.74 Å². The van der Waals surface area contributed by atoms with E-state index in [-0.39, 0.29) is 11.9 Å². The number of aromatic nitrogens is 3. The molecular formula is C19H26N6O2. The minimum Gasteiger partial charge on any atom is -0.480 e. The summed E-state index contributed by atoms with van der Waals surface area (Å²) in [6.07, 6.45) is 5.48. The van der Waals surface area contributed by atoms with Gasteiger partial charge in [-0.05, 0) is 39.1 Å². The van der Waals surface area contributed by atoms with Crippen LogP contribution in [0.3, 0.4) is 0 Å². The van der Waals surface area contributed by atoms with Crippen LogP contribution in [0.15, 0.2) is 24.5 Å². The molecule has 2 aliphatic rings. The third-order valence-corrected chi connectivity index (χ3v) is 5.67. The Morgan fingerprint density at radius 2 is 2.11 bits per heavy atom. The first kappa shape index (κ1) is 17.9. The number of methoxy groups -OCH3 is 1. The summed E-state index contributed by atoms with van der Waals surface area (Å²) in [6, 6.07) is 4.30. The standard InChI is InChI=1S/C19H26N6O2/c1-23(2)14-6-8-24(12-14)16-7-9-25(19(16)26)17-5-4-15(18(22-17)27-3)13-10-20-21-11-13/h4-5,10-11,14,16H,6-9,12H2,1-3H3,(H,20,21)/t14-,16?/m1/s1. The van der Waals surface area contributed by atoms with E-state index >= 15 is 0 Å². The van der Waals surface area contributed by atoms with Crippen LogP contribution in [0.25, 0.3) is 11.1 Å². The number of anilines is 1. The predicted octanol–water partition coefficient (Wildman–Crippen LogP) is 1.22. The minimum absolute atomic E-state index is 0.0451. The summed E-state index contributed by atoms with van der Waals surface area (Å²) in [7, 11) is 5.80. The molecule has 2 aromatic rings. The van der Waals surface area contributed by atoms with Crippen molar-refractivity contribution in [2.45, 2.75) is 24.9 Å². The molecule has 0 spiro atoms. The highest BCUT2D eigenvalue weighted by Crippen LogP contribution is 2.32. The molecule has 8 nitrogen and oxygen atoms in total. The molecule has 0 aromatic carbocycles. The Hall–Kier alpha value is -2.45. The quantitative estimate of drug-likeness (QED) is 0.853. The van der Waals surface area contributed by atoms with Crippen LogP contribution in [0.5, 0.6) is 5.88 Å². The molecule has 144 valence electrons. The molecule has 2 saturated heterocycles. The van der Waals surface area contributed by atoms with Gasteiger partial charge in [-0.25, -0.2) is 0 Å². The molecule has 1 amide bonds. The Balaban J connectivity index is 1.52. The minimum atomic E-state index is -0.0451. The Bertz CT molecular complexity index is 807. The molecule has 2 atom stereocenters. The number of nitrogens with one attached hydrogen (secondary N) is 1. The van der Waals surface area contributed by atoms with Gasteiger partial charge in [0.2, 0.25) is 11.8 Å². The predicted molar refractivity (Wildman–Crippen MR) is 103 cm³/mol. The van der Waals surface area contributed by atoms with E-state index in [0.717, 1.165) is 37.1 Å². The molecule has 8 heteroatoms. The lowest BCUT2D eigenvalue weighted by atomic mass is 10.1. The van der Waals surface area contributed by atoms with E-state index < -0.39 is 0 Å². The van der Waals surface area contributed by atoms with Gasteiger partial charge in [-0.1, -0.05) is 0 Å². The van der Waals surface area contributed by atoms with E-state index in [1.807, 2.05) is 12.1 Å². The molecular weight excluding hydrogens is 344 g/mol. The fourth-order valence-corrected chi connectivity index (χ4v) is 4.06. The number of likely N-dealkylation sites (N-methyl/N-ethyl adjacent to an activating group) is 1. The fourth-order valence-electron chi connectivity index (χ4n) is 4.06. The Labute approximate surface area is 159 Å². The highest BCUT2D eigenvalue weighted by Gasteiger charge is 2.40. The van der Waals surface area contributed by atoms with Crippen LogP contribution >= 0.6 is 0 Å². The number of likely N-dealkylation sites (tertiary alicyclic amines) is 1. The van der Waals surface area contributed by atoms with Crippen LogP contribution in [0.4, 0.5) is 5.82 Å². The van der Waals surface area contributed by atoms with Crippen molar-refractivity contribution in [1.82, 2.24) is 25.0 Å². The molecule has 0 bridgehead atoms. The first-order chi connectivity index (χ1) is 13.1. The molecule has 0 aliphatic carbocycles. The maximum atomic E-state index is 13.1. The molecule has 4 rings (SSSR count). The Morgan fingerprint density at radius 3 is 2.78 bits per heavy atom. The zero-order chi connectivity index (χ0) is 19.0. The van der Waals surface area contributed by atoms with Crippen LogP contribution in [0.2, 0.25) is 0 Å². The van der Waals surface area contributed by atoms with Crippen molar-refractivity contribution >= 4 is 11.7 Å². The fraction of sp³-hybridized carbons (Fsp3) is 0.526. The number of carbonyl (C=O) groups is 1. The molecule has 2 fully saturated rings. The molecule has 0 radical (unpaired) electrons. The first-order valence-electron chi connectivity index (χ1n) is 9.34. The maximum Gasteiger partial charge on any atom is 0.245 e. The van der Waals surface area contributed by atoms with Crippen LogP contribution in [-0.2, 0) is 4.79 Å². The third-order valence-electron chi connectivity index (χ3n) is 5.67. The monoisotopic (exact) mass is 370 g/mol. The van der Waals surface area contributed by atoms with Crippen molar-refractivity contribution in [3.05, 3.63) is 24.5 Å². The molecule has 1 N–H and O–H groups in total. The summed E-state index contributed by atoms with van der Waals surface area (Å²) >= 11 is 0. The van der Waals surface area contributed by atoms with Gasteiger partial charge >= 0.3 is 0 Å². The second-order valence-corrected chi connectivity index (χ2v) is 7.41. The molecule has 0 saturated carbocycles. The van der Waals surface area contributed by atoms with E-state index in [0.29, 0.717) is 24.3 Å². The van der Waals surface area contributed by atoms with Gasteiger partial charge in [-0.3, -0.25) is 19.7 Å². The normalized spacial score (nSPS) is 23.6. The van der Waals surface area contributed by atoms with Gasteiger partial charge in [0.25, 0.3) is 0 Å². The lowest BCUT2D eigenvalue weighted by Gasteiger charge is -2.24. The van der Waals surface area contributed by atoms with Crippen LogP contribution in [0.1, 0.15) is 12.8 Å². The average Bonchev–Trinajstić information content (AvgIpc) is 3.41. The SMILES string of the molecule is COc1nc(N2CCC(N3CC[C@@H](N(C)C)C3)C2=O)ccc1-c1cn[nH]c1. The molecule has 4 heterocycles. The second-order valence-electron chi connectivity index (χ2n) is 7.41.